The van der Waals surface area contributed by atoms with Crippen LogP contribution in [0.3, 0.4) is 0 Å². The van der Waals surface area contributed by atoms with Crippen LogP contribution in [0.1, 0.15) is 11.1 Å². The number of carbonyl (C=O) groups excluding carboxylic acids is 2. The van der Waals surface area contributed by atoms with E-state index in [0.717, 1.165) is 28.4 Å². The molecule has 0 bridgehead atoms. The molecule has 4 aromatic rings. The van der Waals surface area contributed by atoms with E-state index in [2.05, 4.69) is 19.8 Å². The van der Waals surface area contributed by atoms with Crippen LogP contribution in [-0.2, 0) is 20.9 Å². The first-order chi connectivity index (χ1) is 17.8. The van der Waals surface area contributed by atoms with E-state index in [4.69, 9.17) is 14.2 Å². The summed E-state index contributed by atoms with van der Waals surface area (Å²) in [7, 11) is 8.88. The van der Waals surface area contributed by atoms with Gasteiger partial charge in [0.15, 0.2) is 0 Å². The highest BCUT2D eigenvalue weighted by Crippen LogP contribution is 2.39. The summed E-state index contributed by atoms with van der Waals surface area (Å²) in [4.78, 5) is 31.7. The maximum absolute atomic E-state index is 13.3. The number of carbonyl (C=O) groups is 2. The molecule has 1 aliphatic rings. The summed E-state index contributed by atoms with van der Waals surface area (Å²) in [5.74, 6) is 0.449. The van der Waals surface area contributed by atoms with Crippen molar-refractivity contribution in [2.75, 3.05) is 42.0 Å². The number of fused-ring (bicyclic) bond motifs is 2. The first-order valence-corrected chi connectivity index (χ1v) is 11.9. The lowest BCUT2D eigenvalue weighted by Gasteiger charge is -2.20. The lowest BCUT2D eigenvalue weighted by Crippen LogP contribution is -2.31. The van der Waals surface area contributed by atoms with Crippen molar-refractivity contribution in [2.45, 2.75) is 12.6 Å². The molecule has 3 heterocycles. The summed E-state index contributed by atoms with van der Waals surface area (Å²) in [6, 6.07) is 11.3. The minimum Gasteiger partial charge on any atom is -0.497 e. The molecule has 5 rings (SSSR count). The molecule has 2 amide bonds. The van der Waals surface area contributed by atoms with Crippen molar-refractivity contribution >= 4 is 44.8 Å². The van der Waals surface area contributed by atoms with Crippen LogP contribution in [0.25, 0.3) is 33.0 Å². The van der Waals surface area contributed by atoms with Gasteiger partial charge in [-0.1, -0.05) is 0 Å². The highest BCUT2D eigenvalue weighted by atomic mass is 16.5. The van der Waals surface area contributed by atoms with Crippen LogP contribution in [0.15, 0.2) is 48.8 Å². The van der Waals surface area contributed by atoms with Crippen LogP contribution in [0, 0.1) is 0 Å². The molecule has 0 aliphatic carbocycles. The number of rotatable bonds is 9. The Morgan fingerprint density at radius 3 is 2.19 bits per heavy atom. The molecule has 37 heavy (non-hydrogen) atoms. The zero-order chi connectivity index (χ0) is 26.3. The summed E-state index contributed by atoms with van der Waals surface area (Å²) >= 11 is 0. The van der Waals surface area contributed by atoms with E-state index in [1.807, 2.05) is 56.7 Å². The molecule has 9 nitrogen and oxygen atoms in total. The third-order valence-corrected chi connectivity index (χ3v) is 6.75. The molecule has 0 saturated heterocycles. The van der Waals surface area contributed by atoms with Gasteiger partial charge in [0, 0.05) is 59.0 Å². The third kappa shape index (κ3) is 4.36. The molecule has 0 saturated carbocycles. The van der Waals surface area contributed by atoms with E-state index < -0.39 is 11.8 Å². The molecule has 0 spiro atoms. The Bertz CT molecular complexity index is 1540. The number of amides is 2. The van der Waals surface area contributed by atoms with E-state index in [-0.39, 0.29) is 6.10 Å². The number of hydrogen-bond donors (Lipinski definition) is 2. The average Bonchev–Trinajstić information content (AvgIpc) is 3.54. The Labute approximate surface area is 214 Å². The number of nitrogens with one attached hydrogen (secondary N) is 2. The fourth-order valence-corrected chi connectivity index (χ4v) is 4.99. The van der Waals surface area contributed by atoms with Gasteiger partial charge in [0.25, 0.3) is 11.8 Å². The Morgan fingerprint density at radius 1 is 0.892 bits per heavy atom. The topological polar surface area (TPSA) is 97.8 Å². The van der Waals surface area contributed by atoms with Gasteiger partial charge < -0.3 is 28.7 Å². The lowest BCUT2D eigenvalue weighted by atomic mass is 9.95. The first-order valence-electron chi connectivity index (χ1n) is 11.9. The van der Waals surface area contributed by atoms with Crippen molar-refractivity contribution in [1.29, 1.82) is 0 Å². The maximum Gasteiger partial charge on any atom is 0.259 e. The average molecular weight is 503 g/mol. The molecule has 9 heteroatoms. The van der Waals surface area contributed by atoms with Crippen molar-refractivity contribution in [3.05, 3.63) is 59.9 Å². The number of aromatic amines is 1. The van der Waals surface area contributed by atoms with E-state index in [9.17, 15) is 9.59 Å². The SMILES string of the molecule is COc1ccc2[nH]cc(C3=C(c4cn(CC(CN(C)C)OC)c5ccc(OC)cc45)C(=O)NC3=O)c2c1. The Morgan fingerprint density at radius 2 is 1.54 bits per heavy atom. The number of ether oxygens (including phenoxy) is 3. The molecular weight excluding hydrogens is 472 g/mol. The van der Waals surface area contributed by atoms with Crippen LogP contribution >= 0.6 is 0 Å². The molecule has 0 fully saturated rings. The van der Waals surface area contributed by atoms with E-state index >= 15 is 0 Å². The predicted octanol–water partition coefficient (Wildman–Crippen LogP) is 3.28. The molecule has 0 radical (unpaired) electrons. The summed E-state index contributed by atoms with van der Waals surface area (Å²) in [6.07, 6.45) is 3.61. The molecule has 1 unspecified atom stereocenters. The van der Waals surface area contributed by atoms with E-state index in [0.29, 0.717) is 40.3 Å². The lowest BCUT2D eigenvalue weighted by molar-refractivity contribution is -0.122. The number of H-pyrrole nitrogens is 1. The smallest absolute Gasteiger partial charge is 0.259 e. The van der Waals surface area contributed by atoms with Crippen LogP contribution in [0.2, 0.25) is 0 Å². The van der Waals surface area contributed by atoms with Gasteiger partial charge >= 0.3 is 0 Å². The normalized spacial score (nSPS) is 14.8. The molecule has 2 aromatic heterocycles. The number of imide groups is 1. The van der Waals surface area contributed by atoms with Gasteiger partial charge in [-0.25, -0.2) is 0 Å². The first kappa shape index (κ1) is 24.6. The fraction of sp³-hybridized carbons (Fsp3) is 0.286. The molecule has 2 N–H and O–H groups in total. The van der Waals surface area contributed by atoms with Gasteiger partial charge in [-0.15, -0.1) is 0 Å². The Hall–Kier alpha value is -4.08. The fourth-order valence-electron chi connectivity index (χ4n) is 4.99. The predicted molar refractivity (Wildman–Crippen MR) is 143 cm³/mol. The number of nitrogens with zero attached hydrogens (tertiary/aromatic N) is 2. The van der Waals surface area contributed by atoms with Crippen molar-refractivity contribution in [3.8, 4) is 11.5 Å². The highest BCUT2D eigenvalue weighted by Gasteiger charge is 2.35. The second-order valence-electron chi connectivity index (χ2n) is 9.35. The molecule has 192 valence electrons. The van der Waals surface area contributed by atoms with Crippen molar-refractivity contribution in [3.63, 3.8) is 0 Å². The number of benzene rings is 2. The minimum atomic E-state index is -0.435. The summed E-state index contributed by atoms with van der Waals surface area (Å²) < 4.78 is 18.7. The van der Waals surface area contributed by atoms with Crippen molar-refractivity contribution in [2.24, 2.45) is 0 Å². The van der Waals surface area contributed by atoms with Gasteiger partial charge in [0.05, 0.1) is 38.0 Å². The summed E-state index contributed by atoms with van der Waals surface area (Å²) in [5.41, 5.74) is 3.69. The summed E-state index contributed by atoms with van der Waals surface area (Å²) in [5, 5.41) is 4.12. The van der Waals surface area contributed by atoms with Crippen LogP contribution < -0.4 is 14.8 Å². The Kier molecular flexibility index (Phi) is 6.49. The van der Waals surface area contributed by atoms with Crippen molar-refractivity contribution in [1.82, 2.24) is 19.8 Å². The minimum absolute atomic E-state index is 0.0749. The van der Waals surface area contributed by atoms with Gasteiger partial charge in [0.1, 0.15) is 11.5 Å². The van der Waals surface area contributed by atoms with Crippen LogP contribution in [0.5, 0.6) is 11.5 Å². The highest BCUT2D eigenvalue weighted by molar-refractivity contribution is 6.50. The Balaban J connectivity index is 1.74. The third-order valence-electron chi connectivity index (χ3n) is 6.75. The van der Waals surface area contributed by atoms with Gasteiger partial charge in [0.2, 0.25) is 0 Å². The standard InChI is InChI=1S/C28H30N4O5/c1-31(2)13-18(37-5)14-32-15-22(20-11-17(36-4)7-9-24(20)32)26-25(27(33)30-28(26)34)21-12-29-23-8-6-16(35-3)10-19(21)23/h6-12,15,18,29H,13-14H2,1-5H3,(H,30,33,34). The van der Waals surface area contributed by atoms with Crippen LogP contribution in [0.4, 0.5) is 0 Å². The second kappa shape index (κ2) is 9.76. The van der Waals surface area contributed by atoms with E-state index in [1.165, 1.54) is 0 Å². The number of aromatic nitrogens is 2. The van der Waals surface area contributed by atoms with E-state index in [1.54, 1.807) is 27.5 Å². The number of likely N-dealkylation sites (N-methyl/N-ethyl adjacent to an activating group) is 1. The zero-order valence-corrected chi connectivity index (χ0v) is 21.5. The second-order valence-corrected chi connectivity index (χ2v) is 9.35. The monoisotopic (exact) mass is 502 g/mol. The molecular formula is C28H30N4O5. The zero-order valence-electron chi connectivity index (χ0n) is 21.5. The van der Waals surface area contributed by atoms with Crippen molar-refractivity contribution < 1.29 is 23.8 Å². The molecule has 2 aromatic carbocycles. The number of hydrogen-bond acceptors (Lipinski definition) is 6. The quantitative estimate of drug-likeness (QED) is 0.341. The van der Waals surface area contributed by atoms with Gasteiger partial charge in [-0.3, -0.25) is 14.9 Å². The largest absolute Gasteiger partial charge is 0.497 e. The number of methoxy groups -OCH3 is 3. The van der Waals surface area contributed by atoms with Gasteiger partial charge in [-0.05, 0) is 50.5 Å². The molecule has 1 atom stereocenters. The molecule has 1 aliphatic heterocycles. The summed E-state index contributed by atoms with van der Waals surface area (Å²) in [6.45, 7) is 1.30. The van der Waals surface area contributed by atoms with Gasteiger partial charge in [-0.2, -0.15) is 0 Å². The van der Waals surface area contributed by atoms with Crippen LogP contribution in [-0.4, -0.2) is 74.3 Å². The maximum atomic E-state index is 13.3.